The largest absolute Gasteiger partial charge is 0.352 e. The number of halogens is 3. The van der Waals surface area contributed by atoms with Crippen LogP contribution in [0.1, 0.15) is 55.3 Å². The fraction of sp³-hybridized carbons (Fsp3) is 0.591. The molecule has 0 radical (unpaired) electrons. The molecule has 2 N–H and O–H groups in total. The van der Waals surface area contributed by atoms with Crippen molar-refractivity contribution in [1.82, 2.24) is 15.2 Å². The van der Waals surface area contributed by atoms with Gasteiger partial charge in [0.1, 0.15) is 0 Å². The lowest BCUT2D eigenvalue weighted by Gasteiger charge is -2.28. The molecule has 2 fully saturated rings. The minimum atomic E-state index is -2.55. The Labute approximate surface area is 175 Å². The predicted octanol–water partition coefficient (Wildman–Crippen LogP) is 4.99. The number of hydrogen-bond donors (Lipinski definition) is 2. The first kappa shape index (κ1) is 20.6. The van der Waals surface area contributed by atoms with Crippen molar-refractivity contribution in [3.63, 3.8) is 0 Å². The first-order valence-corrected chi connectivity index (χ1v) is 11.0. The maximum Gasteiger partial charge on any atom is 0.253 e. The van der Waals surface area contributed by atoms with Gasteiger partial charge in [0.2, 0.25) is 5.92 Å². The molecule has 2 aliphatic rings. The fourth-order valence-corrected chi connectivity index (χ4v) is 4.86. The van der Waals surface area contributed by atoms with Crippen molar-refractivity contribution >= 4 is 28.4 Å². The number of hydrogen-bond acceptors (Lipinski definition) is 2. The molecule has 0 bridgehead atoms. The lowest BCUT2D eigenvalue weighted by molar-refractivity contribution is -0.0452. The molecule has 29 heavy (non-hydrogen) atoms. The molecule has 7 heteroatoms. The first-order chi connectivity index (χ1) is 13.9. The van der Waals surface area contributed by atoms with Crippen LogP contribution in [0, 0.1) is 5.92 Å². The van der Waals surface area contributed by atoms with E-state index in [9.17, 15) is 13.6 Å². The Morgan fingerprint density at radius 1 is 1.24 bits per heavy atom. The van der Waals surface area contributed by atoms with Crippen molar-refractivity contribution in [1.29, 1.82) is 0 Å². The Morgan fingerprint density at radius 3 is 2.76 bits per heavy atom. The van der Waals surface area contributed by atoms with Crippen molar-refractivity contribution in [2.75, 3.05) is 13.1 Å². The summed E-state index contributed by atoms with van der Waals surface area (Å²) in [4.78, 5) is 12.9. The summed E-state index contributed by atoms with van der Waals surface area (Å²) in [5.41, 5.74) is 1.51. The van der Waals surface area contributed by atoms with E-state index in [2.05, 4.69) is 15.2 Å². The number of carbonyl (C=O) groups excluding carboxylic acids is 1. The number of carbonyl (C=O) groups is 1. The van der Waals surface area contributed by atoms with Gasteiger partial charge in [-0.15, -0.1) is 0 Å². The highest BCUT2D eigenvalue weighted by Gasteiger charge is 2.35. The number of alkyl halides is 2. The van der Waals surface area contributed by atoms with E-state index in [-0.39, 0.29) is 24.7 Å². The summed E-state index contributed by atoms with van der Waals surface area (Å²) in [5.74, 6) is -2.63. The van der Waals surface area contributed by atoms with Crippen LogP contribution in [-0.2, 0) is 6.54 Å². The van der Waals surface area contributed by atoms with Gasteiger partial charge in [0.15, 0.2) is 0 Å². The molecular weight excluding hydrogens is 396 g/mol. The molecule has 1 aliphatic heterocycles. The molecular formula is C22H28ClF2N3O. The predicted molar refractivity (Wildman–Crippen MR) is 112 cm³/mol. The van der Waals surface area contributed by atoms with Gasteiger partial charge >= 0.3 is 0 Å². The van der Waals surface area contributed by atoms with Crippen LogP contribution in [0.5, 0.6) is 0 Å². The maximum absolute atomic E-state index is 13.3. The highest BCUT2D eigenvalue weighted by Crippen LogP contribution is 2.36. The average Bonchev–Trinajstić information content (AvgIpc) is 3.08. The fourth-order valence-electron chi connectivity index (χ4n) is 4.59. The van der Waals surface area contributed by atoms with Crippen LogP contribution >= 0.6 is 11.6 Å². The summed E-state index contributed by atoms with van der Waals surface area (Å²) in [6.45, 7) is 2.25. The van der Waals surface area contributed by atoms with Crippen molar-refractivity contribution in [3.05, 3.63) is 35.0 Å². The van der Waals surface area contributed by atoms with Crippen LogP contribution in [-0.4, -0.2) is 35.5 Å². The van der Waals surface area contributed by atoms with Gasteiger partial charge in [-0.2, -0.15) is 0 Å². The van der Waals surface area contributed by atoms with E-state index in [0.717, 1.165) is 30.4 Å². The number of piperidine rings is 1. The molecule has 1 atom stereocenters. The molecule has 0 spiro atoms. The molecule has 4 rings (SSSR count). The van der Waals surface area contributed by atoms with Crippen LogP contribution in [0.4, 0.5) is 8.78 Å². The molecule has 4 nitrogen and oxygen atoms in total. The number of benzene rings is 1. The Kier molecular flexibility index (Phi) is 6.11. The minimum Gasteiger partial charge on any atom is -0.352 e. The summed E-state index contributed by atoms with van der Waals surface area (Å²) in [5, 5.41) is 7.82. The molecule has 158 valence electrons. The molecule has 1 saturated heterocycles. The second-order valence-corrected chi connectivity index (χ2v) is 8.89. The third kappa shape index (κ3) is 4.75. The smallest absolute Gasteiger partial charge is 0.253 e. The summed E-state index contributed by atoms with van der Waals surface area (Å²) in [6, 6.07) is 6.08. The zero-order valence-corrected chi connectivity index (χ0v) is 17.3. The van der Waals surface area contributed by atoms with E-state index in [0.29, 0.717) is 36.0 Å². The number of amides is 1. The first-order valence-electron chi connectivity index (χ1n) is 10.6. The van der Waals surface area contributed by atoms with Crippen molar-refractivity contribution in [2.24, 2.45) is 5.92 Å². The Bertz CT molecular complexity index is 866. The van der Waals surface area contributed by atoms with Crippen molar-refractivity contribution in [2.45, 2.75) is 63.5 Å². The van der Waals surface area contributed by atoms with Gasteiger partial charge in [-0.05, 0) is 50.3 Å². The standard InChI is InChI=1S/C22H28ClF2N3O/c23-18-5-3-6-19-20(18)17(14-28(19)13-16-4-1-2-11-26-16)21(29)27-12-15-7-9-22(24,25)10-8-15/h3,5-6,14-16,26H,1-2,4,7-13H2,(H,27,29). The molecule has 1 aromatic carbocycles. The van der Waals surface area contributed by atoms with E-state index in [1.165, 1.54) is 12.8 Å². The van der Waals surface area contributed by atoms with E-state index in [4.69, 9.17) is 11.6 Å². The number of nitrogens with zero attached hydrogens (tertiary/aromatic N) is 1. The highest BCUT2D eigenvalue weighted by molar-refractivity contribution is 6.36. The quantitative estimate of drug-likeness (QED) is 0.711. The number of rotatable bonds is 5. The lowest BCUT2D eigenvalue weighted by Crippen LogP contribution is -2.37. The van der Waals surface area contributed by atoms with Gasteiger partial charge in [0.05, 0.1) is 16.1 Å². The van der Waals surface area contributed by atoms with Gasteiger partial charge in [0, 0.05) is 43.6 Å². The number of fused-ring (bicyclic) bond motifs is 1. The molecule has 1 aliphatic carbocycles. The minimum absolute atomic E-state index is 0.0902. The SMILES string of the molecule is O=C(NCC1CCC(F)(F)CC1)c1cn(CC2CCCCN2)c2cccc(Cl)c12. The third-order valence-electron chi connectivity index (χ3n) is 6.32. The van der Waals surface area contributed by atoms with E-state index >= 15 is 0 Å². The summed E-state index contributed by atoms with van der Waals surface area (Å²) < 4.78 is 28.8. The summed E-state index contributed by atoms with van der Waals surface area (Å²) in [7, 11) is 0. The Hall–Kier alpha value is -1.66. The molecule has 1 aromatic heterocycles. The zero-order valence-electron chi connectivity index (χ0n) is 16.5. The molecule has 1 saturated carbocycles. The topological polar surface area (TPSA) is 46.1 Å². The zero-order chi connectivity index (χ0) is 20.4. The highest BCUT2D eigenvalue weighted by atomic mass is 35.5. The van der Waals surface area contributed by atoms with E-state index in [1.54, 1.807) is 6.07 Å². The van der Waals surface area contributed by atoms with Crippen LogP contribution in [0.15, 0.2) is 24.4 Å². The van der Waals surface area contributed by atoms with Crippen LogP contribution in [0.3, 0.4) is 0 Å². The maximum atomic E-state index is 13.3. The second-order valence-electron chi connectivity index (χ2n) is 8.49. The monoisotopic (exact) mass is 423 g/mol. The van der Waals surface area contributed by atoms with E-state index in [1.807, 2.05) is 18.3 Å². The van der Waals surface area contributed by atoms with Crippen LogP contribution < -0.4 is 10.6 Å². The third-order valence-corrected chi connectivity index (χ3v) is 6.63. The molecule has 1 unspecified atom stereocenters. The van der Waals surface area contributed by atoms with Gasteiger partial charge in [-0.3, -0.25) is 4.79 Å². The Morgan fingerprint density at radius 2 is 2.03 bits per heavy atom. The number of nitrogens with one attached hydrogen (secondary N) is 2. The molecule has 1 amide bonds. The van der Waals surface area contributed by atoms with Crippen molar-refractivity contribution in [3.8, 4) is 0 Å². The van der Waals surface area contributed by atoms with Gasteiger partial charge in [-0.25, -0.2) is 8.78 Å². The lowest BCUT2D eigenvalue weighted by atomic mass is 9.87. The number of aromatic nitrogens is 1. The normalized spacial score (nSPS) is 22.7. The van der Waals surface area contributed by atoms with Crippen LogP contribution in [0.2, 0.25) is 5.02 Å². The summed E-state index contributed by atoms with van der Waals surface area (Å²) >= 11 is 6.45. The van der Waals surface area contributed by atoms with Crippen molar-refractivity contribution < 1.29 is 13.6 Å². The van der Waals surface area contributed by atoms with E-state index < -0.39 is 5.92 Å². The molecule has 2 heterocycles. The Balaban J connectivity index is 1.49. The van der Waals surface area contributed by atoms with Crippen LogP contribution in [0.25, 0.3) is 10.9 Å². The van der Waals surface area contributed by atoms with Gasteiger partial charge < -0.3 is 15.2 Å². The second kappa shape index (κ2) is 8.60. The van der Waals surface area contributed by atoms with Gasteiger partial charge in [0.25, 0.3) is 5.91 Å². The van der Waals surface area contributed by atoms with Gasteiger partial charge in [-0.1, -0.05) is 24.1 Å². The average molecular weight is 424 g/mol. The molecule has 2 aromatic rings. The summed E-state index contributed by atoms with van der Waals surface area (Å²) in [6.07, 6.45) is 6.14.